The minimum Gasteiger partial charge on any atom is -0.438 e. The van der Waals surface area contributed by atoms with E-state index in [0.29, 0.717) is 6.42 Å². The van der Waals surface area contributed by atoms with Crippen LogP contribution < -0.4 is 0 Å². The van der Waals surface area contributed by atoms with Crippen LogP contribution in [-0.2, 0) is 9.47 Å². The van der Waals surface area contributed by atoms with Crippen molar-refractivity contribution >= 4 is 6.09 Å². The van der Waals surface area contributed by atoms with Crippen LogP contribution in [0.4, 0.5) is 4.79 Å². The first-order valence-electron chi connectivity index (χ1n) is 8.39. The van der Waals surface area contributed by atoms with E-state index in [-0.39, 0.29) is 30.4 Å². The van der Waals surface area contributed by atoms with Crippen LogP contribution >= 0.6 is 0 Å². The first-order valence-corrected chi connectivity index (χ1v) is 8.39. The second-order valence-electron chi connectivity index (χ2n) is 6.45. The van der Waals surface area contributed by atoms with E-state index in [2.05, 4.69) is 6.58 Å². The summed E-state index contributed by atoms with van der Waals surface area (Å²) in [7, 11) is 0. The van der Waals surface area contributed by atoms with Crippen molar-refractivity contribution in [3.63, 3.8) is 0 Å². The molecule has 0 aliphatic carbocycles. The third kappa shape index (κ3) is 5.24. The van der Waals surface area contributed by atoms with Gasteiger partial charge in [-0.1, -0.05) is 30.9 Å². The number of allylic oxidation sites excluding steroid dienone is 2. The molecule has 1 aliphatic rings. The minimum atomic E-state index is -0.444. The molecule has 0 bridgehead atoms. The fourth-order valence-electron chi connectivity index (χ4n) is 2.93. The molecule has 1 aliphatic heterocycles. The van der Waals surface area contributed by atoms with E-state index in [1.54, 1.807) is 4.90 Å². The molecule has 0 aromatic heterocycles. The Kier molecular flexibility index (Phi) is 7.56. The van der Waals surface area contributed by atoms with E-state index in [0.717, 1.165) is 5.57 Å². The molecular weight excluding hydrogens is 290 g/mol. The molecule has 0 unspecified atom stereocenters. The normalized spacial score (nSPS) is 25.7. The third-order valence-corrected chi connectivity index (χ3v) is 3.84. The highest BCUT2D eigenvalue weighted by Crippen LogP contribution is 2.28. The van der Waals surface area contributed by atoms with Gasteiger partial charge in [-0.15, -0.1) is 0 Å². The second-order valence-corrected chi connectivity index (χ2v) is 6.45. The van der Waals surface area contributed by atoms with E-state index in [1.807, 2.05) is 65.8 Å². The number of ether oxygens (including phenoxy) is 2. The standard InChI is InChI=1S/C19H31NO3/c1-8-10-16-12-15(7)18(17(22-16)11-9-2)23-19(21)20(13(3)4)14(5)6/h8-11,13-14,16-18H,7,12H2,1-6H3/b10-8-,11-9-/t16-,17+,18+/m0/s1. The van der Waals surface area contributed by atoms with Crippen molar-refractivity contribution in [3.8, 4) is 0 Å². The number of amides is 1. The topological polar surface area (TPSA) is 38.8 Å². The van der Waals surface area contributed by atoms with Crippen LogP contribution in [0.15, 0.2) is 36.5 Å². The van der Waals surface area contributed by atoms with Crippen LogP contribution in [0, 0.1) is 0 Å². The molecule has 0 spiro atoms. The highest BCUT2D eigenvalue weighted by atomic mass is 16.6. The smallest absolute Gasteiger partial charge is 0.410 e. The Morgan fingerprint density at radius 1 is 1.22 bits per heavy atom. The largest absolute Gasteiger partial charge is 0.438 e. The summed E-state index contributed by atoms with van der Waals surface area (Å²) in [6, 6.07) is 0.160. The highest BCUT2D eigenvalue weighted by molar-refractivity contribution is 5.69. The molecule has 3 atom stereocenters. The molecule has 1 fully saturated rings. The Morgan fingerprint density at radius 2 is 1.78 bits per heavy atom. The summed E-state index contributed by atoms with van der Waals surface area (Å²) in [6.45, 7) is 16.0. The van der Waals surface area contributed by atoms with Crippen molar-refractivity contribution in [1.29, 1.82) is 0 Å². The number of hydrogen-bond acceptors (Lipinski definition) is 3. The van der Waals surface area contributed by atoms with Gasteiger partial charge < -0.3 is 14.4 Å². The predicted molar refractivity (Wildman–Crippen MR) is 94.4 cm³/mol. The van der Waals surface area contributed by atoms with Gasteiger partial charge in [0.15, 0.2) is 6.10 Å². The Labute approximate surface area is 140 Å². The summed E-state index contributed by atoms with van der Waals surface area (Å²) in [4.78, 5) is 14.3. The summed E-state index contributed by atoms with van der Waals surface area (Å²) < 4.78 is 11.8. The molecule has 0 radical (unpaired) electrons. The van der Waals surface area contributed by atoms with Crippen LogP contribution in [-0.4, -0.2) is 41.4 Å². The van der Waals surface area contributed by atoms with Gasteiger partial charge in [0.2, 0.25) is 0 Å². The molecule has 4 heteroatoms. The second kappa shape index (κ2) is 8.92. The zero-order chi connectivity index (χ0) is 17.6. The van der Waals surface area contributed by atoms with E-state index in [1.165, 1.54) is 0 Å². The van der Waals surface area contributed by atoms with Gasteiger partial charge in [-0.05, 0) is 47.1 Å². The number of rotatable bonds is 5. The van der Waals surface area contributed by atoms with Crippen molar-refractivity contribution in [2.75, 3.05) is 0 Å². The third-order valence-electron chi connectivity index (χ3n) is 3.84. The maximum Gasteiger partial charge on any atom is 0.410 e. The monoisotopic (exact) mass is 321 g/mol. The Hall–Kier alpha value is -1.55. The fourth-order valence-corrected chi connectivity index (χ4v) is 2.93. The summed E-state index contributed by atoms with van der Waals surface area (Å²) in [5.74, 6) is 0. The van der Waals surface area contributed by atoms with Crippen molar-refractivity contribution in [1.82, 2.24) is 4.90 Å². The Bertz CT molecular complexity index is 457. The molecule has 0 saturated carbocycles. The van der Waals surface area contributed by atoms with Gasteiger partial charge in [0.05, 0.1) is 6.10 Å². The molecule has 4 nitrogen and oxygen atoms in total. The molecule has 1 rings (SSSR count). The van der Waals surface area contributed by atoms with Gasteiger partial charge >= 0.3 is 6.09 Å². The van der Waals surface area contributed by atoms with Gasteiger partial charge in [-0.3, -0.25) is 0 Å². The van der Waals surface area contributed by atoms with Gasteiger partial charge in [0.25, 0.3) is 0 Å². The van der Waals surface area contributed by atoms with Crippen molar-refractivity contribution < 1.29 is 14.3 Å². The van der Waals surface area contributed by atoms with Crippen molar-refractivity contribution in [2.45, 2.75) is 78.4 Å². The lowest BCUT2D eigenvalue weighted by molar-refractivity contribution is -0.0624. The summed E-state index contributed by atoms with van der Waals surface area (Å²) in [5, 5.41) is 0. The lowest BCUT2D eigenvalue weighted by Gasteiger charge is -2.38. The maximum atomic E-state index is 12.6. The van der Waals surface area contributed by atoms with Gasteiger partial charge in [-0.2, -0.15) is 0 Å². The van der Waals surface area contributed by atoms with Crippen LogP contribution in [0.5, 0.6) is 0 Å². The molecule has 0 N–H and O–H groups in total. The van der Waals surface area contributed by atoms with Crippen LogP contribution in [0.2, 0.25) is 0 Å². The maximum absolute atomic E-state index is 12.6. The Balaban J connectivity index is 2.91. The molecule has 1 saturated heterocycles. The first-order chi connectivity index (χ1) is 10.8. The quantitative estimate of drug-likeness (QED) is 0.701. The highest BCUT2D eigenvalue weighted by Gasteiger charge is 2.36. The first kappa shape index (κ1) is 19.5. The van der Waals surface area contributed by atoms with E-state index >= 15 is 0 Å². The SMILES string of the molecule is C=C1C[C@H](/C=C\C)O[C@H](/C=C\C)[C@@H]1OC(=O)N(C(C)C)C(C)C. The van der Waals surface area contributed by atoms with Gasteiger partial charge in [0.1, 0.15) is 6.10 Å². The molecule has 130 valence electrons. The number of nitrogens with zero attached hydrogens (tertiary/aromatic N) is 1. The van der Waals surface area contributed by atoms with Crippen LogP contribution in [0.3, 0.4) is 0 Å². The number of carbonyl (C=O) groups excluding carboxylic acids is 1. The average Bonchev–Trinajstić information content (AvgIpc) is 2.42. The summed E-state index contributed by atoms with van der Waals surface area (Å²) in [5.41, 5.74) is 0.892. The van der Waals surface area contributed by atoms with Crippen molar-refractivity contribution in [2.24, 2.45) is 0 Å². The average molecular weight is 321 g/mol. The Morgan fingerprint density at radius 3 is 2.26 bits per heavy atom. The van der Waals surface area contributed by atoms with E-state index in [4.69, 9.17) is 9.47 Å². The molecular formula is C19H31NO3. The minimum absolute atomic E-state index is 0.0186. The molecule has 23 heavy (non-hydrogen) atoms. The lowest BCUT2D eigenvalue weighted by Crippen LogP contribution is -2.48. The van der Waals surface area contributed by atoms with Gasteiger partial charge in [-0.25, -0.2) is 4.79 Å². The molecule has 1 heterocycles. The number of hydrogen-bond donors (Lipinski definition) is 0. The zero-order valence-corrected chi connectivity index (χ0v) is 15.3. The predicted octanol–water partition coefficient (Wildman–Crippen LogP) is 4.48. The van der Waals surface area contributed by atoms with Crippen molar-refractivity contribution in [3.05, 3.63) is 36.5 Å². The fraction of sp³-hybridized carbons (Fsp3) is 0.632. The zero-order valence-electron chi connectivity index (χ0n) is 15.3. The van der Waals surface area contributed by atoms with Crippen LogP contribution in [0.1, 0.15) is 48.0 Å². The molecule has 1 amide bonds. The van der Waals surface area contributed by atoms with E-state index < -0.39 is 6.10 Å². The van der Waals surface area contributed by atoms with Crippen LogP contribution in [0.25, 0.3) is 0 Å². The molecule has 0 aromatic carbocycles. The van der Waals surface area contributed by atoms with Gasteiger partial charge in [0, 0.05) is 18.5 Å². The summed E-state index contributed by atoms with van der Waals surface area (Å²) >= 11 is 0. The number of carbonyl (C=O) groups is 1. The van der Waals surface area contributed by atoms with E-state index in [9.17, 15) is 4.79 Å². The lowest BCUT2D eigenvalue weighted by atomic mass is 9.95. The molecule has 0 aromatic rings. The summed E-state index contributed by atoms with van der Waals surface area (Å²) in [6.07, 6.45) is 7.41.